The van der Waals surface area contributed by atoms with Crippen molar-refractivity contribution in [1.29, 1.82) is 0 Å². The highest BCUT2D eigenvalue weighted by atomic mass is 16.6. The first-order valence-corrected chi connectivity index (χ1v) is 12.1. The molecule has 7 heteroatoms. The van der Waals surface area contributed by atoms with Crippen LogP contribution < -0.4 is 5.32 Å². The molecule has 1 amide bonds. The van der Waals surface area contributed by atoms with E-state index in [2.05, 4.69) is 12.2 Å². The van der Waals surface area contributed by atoms with Crippen LogP contribution in [0.4, 0.5) is 0 Å². The van der Waals surface area contributed by atoms with Gasteiger partial charge in [-0.3, -0.25) is 9.59 Å². The van der Waals surface area contributed by atoms with Gasteiger partial charge >= 0.3 is 11.9 Å². The quantitative estimate of drug-likeness (QED) is 0.213. The topological polar surface area (TPSA) is 102 Å². The zero-order valence-corrected chi connectivity index (χ0v) is 20.0. The molecule has 1 unspecified atom stereocenters. The molecule has 31 heavy (non-hydrogen) atoms. The van der Waals surface area contributed by atoms with E-state index in [4.69, 9.17) is 9.47 Å². The predicted octanol–water partition coefficient (Wildman–Crippen LogP) is 4.44. The van der Waals surface area contributed by atoms with Crippen LogP contribution in [-0.2, 0) is 23.9 Å². The van der Waals surface area contributed by atoms with E-state index in [1.807, 2.05) is 0 Å². The van der Waals surface area contributed by atoms with Crippen LogP contribution >= 0.6 is 0 Å². The van der Waals surface area contributed by atoms with Gasteiger partial charge in [-0.1, -0.05) is 84.0 Å². The van der Waals surface area contributed by atoms with E-state index >= 15 is 0 Å². The summed E-state index contributed by atoms with van der Waals surface area (Å²) in [7, 11) is 0. The maximum absolute atomic E-state index is 11.7. The summed E-state index contributed by atoms with van der Waals surface area (Å²) in [5, 5.41) is 12.1. The number of carbonyl (C=O) groups excluding carboxylic acids is 3. The third-order valence-corrected chi connectivity index (χ3v) is 5.11. The van der Waals surface area contributed by atoms with Crippen LogP contribution in [0.2, 0.25) is 0 Å². The van der Waals surface area contributed by atoms with Crippen LogP contribution in [0.5, 0.6) is 0 Å². The minimum Gasteiger partial charge on any atom is -0.463 e. The summed E-state index contributed by atoms with van der Waals surface area (Å²) in [4.78, 5) is 34.2. The average Bonchev–Trinajstić information content (AvgIpc) is 2.73. The van der Waals surface area contributed by atoms with E-state index in [9.17, 15) is 19.5 Å². The van der Waals surface area contributed by atoms with Crippen LogP contribution in [-0.4, -0.2) is 48.3 Å². The molecule has 0 aromatic rings. The maximum atomic E-state index is 11.7. The molecular weight excluding hydrogens is 398 g/mol. The molecule has 0 aliphatic carbocycles. The lowest BCUT2D eigenvalue weighted by atomic mass is 10.0. The van der Waals surface area contributed by atoms with Gasteiger partial charge in [0.2, 0.25) is 5.91 Å². The van der Waals surface area contributed by atoms with E-state index in [0.29, 0.717) is 6.42 Å². The zero-order valence-electron chi connectivity index (χ0n) is 20.0. The van der Waals surface area contributed by atoms with Gasteiger partial charge < -0.3 is 19.9 Å². The number of hydrogen-bond donors (Lipinski definition) is 2. The Labute approximate surface area is 188 Å². The highest BCUT2D eigenvalue weighted by molar-refractivity contribution is 5.82. The number of rotatable bonds is 20. The number of nitrogens with one attached hydrogen (secondary N) is 1. The second-order valence-electron chi connectivity index (χ2n) is 8.38. The predicted molar refractivity (Wildman–Crippen MR) is 122 cm³/mol. The summed E-state index contributed by atoms with van der Waals surface area (Å²) in [5.41, 5.74) is 0. The average molecular weight is 444 g/mol. The largest absolute Gasteiger partial charge is 0.463 e. The van der Waals surface area contributed by atoms with Crippen LogP contribution in [0.1, 0.15) is 111 Å². The molecule has 0 saturated carbocycles. The highest BCUT2D eigenvalue weighted by Gasteiger charge is 2.17. The second kappa shape index (κ2) is 20.3. The van der Waals surface area contributed by atoms with E-state index in [1.54, 1.807) is 0 Å². The fourth-order valence-corrected chi connectivity index (χ4v) is 3.26. The molecule has 0 spiro atoms. The molecule has 0 radical (unpaired) electrons. The molecule has 0 saturated heterocycles. The summed E-state index contributed by atoms with van der Waals surface area (Å²) in [6.45, 7) is 4.55. The summed E-state index contributed by atoms with van der Waals surface area (Å²) >= 11 is 0. The molecule has 0 fully saturated rings. The van der Waals surface area contributed by atoms with Crippen molar-refractivity contribution in [2.24, 2.45) is 0 Å². The molecule has 0 aliphatic rings. The monoisotopic (exact) mass is 443 g/mol. The Morgan fingerprint density at radius 1 is 0.774 bits per heavy atom. The van der Waals surface area contributed by atoms with Gasteiger partial charge in [-0.25, -0.2) is 4.79 Å². The number of aliphatic hydroxyl groups is 1. The fraction of sp³-hybridized carbons (Fsp3) is 0.875. The molecule has 0 heterocycles. The first-order chi connectivity index (χ1) is 14.9. The Morgan fingerprint density at radius 2 is 1.23 bits per heavy atom. The molecule has 182 valence electrons. The molecule has 2 N–H and O–H groups in total. The molecular formula is C24H45NO6. The number of aliphatic hydroxyl groups excluding tert-OH is 1. The fourth-order valence-electron chi connectivity index (χ4n) is 3.26. The third kappa shape index (κ3) is 20.0. The van der Waals surface area contributed by atoms with Crippen molar-refractivity contribution in [3.8, 4) is 0 Å². The minimum absolute atomic E-state index is 0.209. The van der Waals surface area contributed by atoms with Crippen molar-refractivity contribution < 1.29 is 29.0 Å². The number of ether oxygens (including phenoxy) is 2. The summed E-state index contributed by atoms with van der Waals surface area (Å²) < 4.78 is 9.90. The molecule has 0 aliphatic heterocycles. The Kier molecular flexibility index (Phi) is 19.2. The normalized spacial score (nSPS) is 12.8. The summed E-state index contributed by atoms with van der Waals surface area (Å²) in [6, 6.07) is -0.789. The van der Waals surface area contributed by atoms with Crippen LogP contribution in [0.25, 0.3) is 0 Å². The second-order valence-corrected chi connectivity index (χ2v) is 8.38. The van der Waals surface area contributed by atoms with Gasteiger partial charge in [0.15, 0.2) is 0 Å². The van der Waals surface area contributed by atoms with Crippen molar-refractivity contribution in [2.45, 2.75) is 123 Å². The maximum Gasteiger partial charge on any atom is 0.328 e. The molecule has 2 atom stereocenters. The number of unbranched alkanes of at least 4 members (excludes halogenated alkanes) is 12. The van der Waals surface area contributed by atoms with Crippen LogP contribution in [0.15, 0.2) is 0 Å². The standard InChI is InChI=1S/C24H45NO6/c1-4-5-6-7-8-9-10-11-12-13-14-15-16-17-23(28)30-18-22(27)19-31-24(29)20(2)25-21(3)26/h20,22,27H,4-19H2,1-3H3,(H,25,26)/t20-,22?/m0/s1. The van der Waals surface area contributed by atoms with E-state index in [0.717, 1.165) is 19.3 Å². The van der Waals surface area contributed by atoms with Crippen molar-refractivity contribution in [3.05, 3.63) is 0 Å². The molecule has 0 aromatic carbocycles. The van der Waals surface area contributed by atoms with E-state index < -0.39 is 18.1 Å². The van der Waals surface area contributed by atoms with Gasteiger partial charge in [0.05, 0.1) is 0 Å². The van der Waals surface area contributed by atoms with E-state index in [-0.39, 0.29) is 25.1 Å². The van der Waals surface area contributed by atoms with Crippen molar-refractivity contribution in [3.63, 3.8) is 0 Å². The molecule has 0 rings (SSSR count). The number of amides is 1. The Bertz CT molecular complexity index is 483. The van der Waals surface area contributed by atoms with Gasteiger partial charge in [-0.05, 0) is 13.3 Å². The number of carbonyl (C=O) groups is 3. The lowest BCUT2D eigenvalue weighted by Gasteiger charge is -2.15. The smallest absolute Gasteiger partial charge is 0.328 e. The van der Waals surface area contributed by atoms with Gasteiger partial charge in [0.25, 0.3) is 0 Å². The number of hydrogen-bond acceptors (Lipinski definition) is 6. The van der Waals surface area contributed by atoms with Gasteiger partial charge in [0, 0.05) is 13.3 Å². The Hall–Kier alpha value is -1.63. The third-order valence-electron chi connectivity index (χ3n) is 5.11. The summed E-state index contributed by atoms with van der Waals surface area (Å²) in [6.07, 6.45) is 15.5. The van der Waals surface area contributed by atoms with Crippen LogP contribution in [0, 0.1) is 0 Å². The lowest BCUT2D eigenvalue weighted by molar-refractivity contribution is -0.154. The molecule has 0 bridgehead atoms. The van der Waals surface area contributed by atoms with Crippen LogP contribution in [0.3, 0.4) is 0 Å². The van der Waals surface area contributed by atoms with Crippen molar-refractivity contribution in [2.75, 3.05) is 13.2 Å². The van der Waals surface area contributed by atoms with Crippen molar-refractivity contribution >= 4 is 17.8 Å². The number of esters is 2. The first kappa shape index (κ1) is 29.4. The Morgan fingerprint density at radius 3 is 1.71 bits per heavy atom. The van der Waals surface area contributed by atoms with Crippen molar-refractivity contribution in [1.82, 2.24) is 5.32 Å². The first-order valence-electron chi connectivity index (χ1n) is 12.1. The molecule has 7 nitrogen and oxygen atoms in total. The van der Waals surface area contributed by atoms with Gasteiger partial charge in [0.1, 0.15) is 25.4 Å². The molecule has 0 aromatic heterocycles. The SMILES string of the molecule is CCCCCCCCCCCCCCCC(=O)OCC(O)COC(=O)[C@H](C)NC(C)=O. The lowest BCUT2D eigenvalue weighted by Crippen LogP contribution is -2.39. The van der Waals surface area contributed by atoms with Gasteiger partial charge in [-0.2, -0.15) is 0 Å². The summed E-state index contributed by atoms with van der Waals surface area (Å²) in [5.74, 6) is -1.33. The zero-order chi connectivity index (χ0) is 23.3. The highest BCUT2D eigenvalue weighted by Crippen LogP contribution is 2.13. The Balaban J connectivity index is 3.49. The minimum atomic E-state index is -1.08. The van der Waals surface area contributed by atoms with Gasteiger partial charge in [-0.15, -0.1) is 0 Å². The van der Waals surface area contributed by atoms with E-state index in [1.165, 1.54) is 78.1 Å².